The number of halogens is 3. The van der Waals surface area contributed by atoms with Gasteiger partial charge in [-0.3, -0.25) is 0 Å². The van der Waals surface area contributed by atoms with E-state index in [0.717, 1.165) is 22.5 Å². The highest BCUT2D eigenvalue weighted by atomic mass is 32.2. The average molecular weight is 308 g/mol. The van der Waals surface area contributed by atoms with E-state index in [4.69, 9.17) is 5.73 Å². The van der Waals surface area contributed by atoms with Crippen molar-refractivity contribution in [2.24, 2.45) is 0 Å². The smallest absolute Gasteiger partial charge is 0.368 e. The number of imidazole rings is 1. The normalized spacial score (nSPS) is 13.3. The fourth-order valence-corrected chi connectivity index (χ4v) is 2.67. The van der Waals surface area contributed by atoms with Gasteiger partial charge < -0.3 is 5.73 Å². The predicted octanol–water partition coefficient (Wildman–Crippen LogP) is 1.29. The first kappa shape index (κ1) is 14.6. The summed E-state index contributed by atoms with van der Waals surface area (Å²) >= 11 is 0. The maximum absolute atomic E-state index is 12.6. The summed E-state index contributed by atoms with van der Waals surface area (Å²) in [6.07, 6.45) is -4.53. The third-order valence-electron chi connectivity index (χ3n) is 2.66. The molecule has 0 amide bonds. The van der Waals surface area contributed by atoms with Crippen LogP contribution in [0.4, 0.5) is 19.1 Å². The highest BCUT2D eigenvalue weighted by molar-refractivity contribution is 7.87. The Morgan fingerprint density at radius 3 is 2.40 bits per heavy atom. The van der Waals surface area contributed by atoms with Crippen LogP contribution in [0.2, 0.25) is 0 Å². The van der Waals surface area contributed by atoms with Gasteiger partial charge in [-0.15, -0.1) is 0 Å². The monoisotopic (exact) mass is 308 g/mol. The molecule has 0 saturated carbocycles. The van der Waals surface area contributed by atoms with Crippen LogP contribution in [0.1, 0.15) is 5.56 Å². The first-order chi connectivity index (χ1) is 9.05. The van der Waals surface area contributed by atoms with Crippen LogP contribution >= 0.6 is 0 Å². The van der Waals surface area contributed by atoms with E-state index >= 15 is 0 Å². The van der Waals surface area contributed by atoms with Crippen molar-refractivity contribution in [2.75, 3.05) is 19.8 Å². The van der Waals surface area contributed by atoms with Gasteiger partial charge >= 0.3 is 16.4 Å². The first-order valence-corrected chi connectivity index (χ1v) is 6.73. The van der Waals surface area contributed by atoms with E-state index in [-0.39, 0.29) is 11.0 Å². The summed E-state index contributed by atoms with van der Waals surface area (Å²) in [5.41, 5.74) is 4.44. The van der Waals surface area contributed by atoms with Crippen LogP contribution in [0, 0.1) is 0 Å². The van der Waals surface area contributed by atoms with Gasteiger partial charge in [0, 0.05) is 14.1 Å². The lowest BCUT2D eigenvalue weighted by atomic mass is 10.2. The summed E-state index contributed by atoms with van der Waals surface area (Å²) in [5.74, 6) is -0.395. The van der Waals surface area contributed by atoms with E-state index in [1.165, 1.54) is 14.1 Å². The molecule has 2 N–H and O–H groups in total. The Labute approximate surface area is 112 Å². The standard InChI is InChI=1S/C10H11F3N4O2S/c1-16(2)20(18,19)17-8-4-3-6(10(11,12)13)5-7(8)15-9(17)14/h3-5H,1-2H3,(H2,14,15). The number of hydrogen-bond donors (Lipinski definition) is 1. The molecule has 1 aromatic carbocycles. The number of aromatic nitrogens is 2. The van der Waals surface area contributed by atoms with Crippen LogP contribution < -0.4 is 5.73 Å². The molecular weight excluding hydrogens is 297 g/mol. The van der Waals surface area contributed by atoms with Gasteiger partial charge in [-0.2, -0.15) is 29.9 Å². The quantitative estimate of drug-likeness (QED) is 0.906. The minimum atomic E-state index is -4.53. The third kappa shape index (κ3) is 2.20. The van der Waals surface area contributed by atoms with E-state index in [1.807, 2.05) is 0 Å². The molecule has 10 heteroatoms. The van der Waals surface area contributed by atoms with Gasteiger partial charge in [-0.1, -0.05) is 0 Å². The highest BCUT2D eigenvalue weighted by Crippen LogP contribution is 2.32. The van der Waals surface area contributed by atoms with Gasteiger partial charge in [-0.25, -0.2) is 4.98 Å². The number of anilines is 1. The van der Waals surface area contributed by atoms with Gasteiger partial charge in [0.25, 0.3) is 0 Å². The molecule has 1 aromatic heterocycles. The predicted molar refractivity (Wildman–Crippen MR) is 67.2 cm³/mol. The van der Waals surface area contributed by atoms with E-state index in [2.05, 4.69) is 4.98 Å². The highest BCUT2D eigenvalue weighted by Gasteiger charge is 2.32. The lowest BCUT2D eigenvalue weighted by molar-refractivity contribution is -0.137. The molecule has 2 aromatic rings. The number of nitrogens with two attached hydrogens (primary N) is 1. The van der Waals surface area contributed by atoms with Crippen LogP contribution in [-0.4, -0.2) is 35.8 Å². The summed E-state index contributed by atoms with van der Waals surface area (Å²) in [7, 11) is -1.39. The summed E-state index contributed by atoms with van der Waals surface area (Å²) in [5, 5.41) is 0. The van der Waals surface area contributed by atoms with Crippen molar-refractivity contribution >= 4 is 27.2 Å². The van der Waals surface area contributed by atoms with Gasteiger partial charge in [0.1, 0.15) is 0 Å². The largest absolute Gasteiger partial charge is 0.416 e. The second-order valence-electron chi connectivity index (χ2n) is 4.23. The van der Waals surface area contributed by atoms with Crippen LogP contribution in [-0.2, 0) is 16.4 Å². The van der Waals surface area contributed by atoms with Gasteiger partial charge in [-0.05, 0) is 18.2 Å². The van der Waals surface area contributed by atoms with E-state index in [0.29, 0.717) is 3.97 Å². The van der Waals surface area contributed by atoms with Crippen molar-refractivity contribution in [3.05, 3.63) is 23.8 Å². The van der Waals surface area contributed by atoms with Crippen molar-refractivity contribution in [1.82, 2.24) is 13.3 Å². The Hall–Kier alpha value is -1.81. The summed E-state index contributed by atoms with van der Waals surface area (Å²) in [6, 6.07) is 2.57. The summed E-state index contributed by atoms with van der Waals surface area (Å²) in [4.78, 5) is 3.67. The molecule has 110 valence electrons. The molecule has 0 unspecified atom stereocenters. The molecule has 0 aliphatic carbocycles. The molecule has 2 rings (SSSR count). The minimum Gasteiger partial charge on any atom is -0.368 e. The molecule has 0 bridgehead atoms. The number of rotatable bonds is 2. The first-order valence-electron chi connectivity index (χ1n) is 5.33. The molecule has 1 heterocycles. The van der Waals surface area contributed by atoms with Gasteiger partial charge in [0.05, 0.1) is 16.6 Å². The zero-order valence-corrected chi connectivity index (χ0v) is 11.3. The van der Waals surface area contributed by atoms with Gasteiger partial charge in [0.15, 0.2) is 0 Å². The number of hydrogen-bond acceptors (Lipinski definition) is 4. The fourth-order valence-electron chi connectivity index (χ4n) is 1.66. The van der Waals surface area contributed by atoms with Crippen LogP contribution in [0.3, 0.4) is 0 Å². The maximum Gasteiger partial charge on any atom is 0.416 e. The Balaban J connectivity index is 2.75. The Morgan fingerprint density at radius 2 is 1.90 bits per heavy atom. The molecule has 0 radical (unpaired) electrons. The molecule has 0 fully saturated rings. The Morgan fingerprint density at radius 1 is 1.30 bits per heavy atom. The molecule has 20 heavy (non-hydrogen) atoms. The Kier molecular flexibility index (Phi) is 3.17. The summed E-state index contributed by atoms with van der Waals surface area (Å²) in [6.45, 7) is 0. The second kappa shape index (κ2) is 4.35. The molecule has 0 aliphatic rings. The molecule has 0 spiro atoms. The maximum atomic E-state index is 12.6. The van der Waals surface area contributed by atoms with Crippen molar-refractivity contribution in [1.29, 1.82) is 0 Å². The molecular formula is C10H11F3N4O2S. The van der Waals surface area contributed by atoms with Crippen molar-refractivity contribution in [2.45, 2.75) is 6.18 Å². The number of alkyl halides is 3. The van der Waals surface area contributed by atoms with E-state index in [9.17, 15) is 21.6 Å². The topological polar surface area (TPSA) is 81.2 Å². The van der Waals surface area contributed by atoms with Gasteiger partial charge in [0.2, 0.25) is 5.95 Å². The number of nitrogens with zero attached hydrogens (tertiary/aromatic N) is 3. The lowest BCUT2D eigenvalue weighted by Crippen LogP contribution is -2.29. The SMILES string of the molecule is CN(C)S(=O)(=O)n1c(N)nc2cc(C(F)(F)F)ccc21. The fraction of sp³-hybridized carbons (Fsp3) is 0.300. The summed E-state index contributed by atoms with van der Waals surface area (Å²) < 4.78 is 63.5. The Bertz CT molecular complexity index is 765. The van der Waals surface area contributed by atoms with Crippen LogP contribution in [0.15, 0.2) is 18.2 Å². The van der Waals surface area contributed by atoms with E-state index in [1.54, 1.807) is 0 Å². The minimum absolute atomic E-state index is 0.0100. The van der Waals surface area contributed by atoms with Crippen molar-refractivity contribution in [3.63, 3.8) is 0 Å². The van der Waals surface area contributed by atoms with Crippen molar-refractivity contribution in [3.8, 4) is 0 Å². The molecule has 0 atom stereocenters. The average Bonchev–Trinajstić information content (AvgIpc) is 2.62. The molecule has 0 aliphatic heterocycles. The van der Waals surface area contributed by atoms with Crippen LogP contribution in [0.25, 0.3) is 11.0 Å². The van der Waals surface area contributed by atoms with E-state index < -0.39 is 27.9 Å². The second-order valence-corrected chi connectivity index (χ2v) is 6.22. The lowest BCUT2D eigenvalue weighted by Gasteiger charge is -2.13. The van der Waals surface area contributed by atoms with Crippen molar-refractivity contribution < 1.29 is 21.6 Å². The number of nitrogen functional groups attached to an aromatic ring is 1. The zero-order valence-electron chi connectivity index (χ0n) is 10.5. The third-order valence-corrected chi connectivity index (χ3v) is 4.42. The number of benzene rings is 1. The molecule has 6 nitrogen and oxygen atoms in total. The zero-order chi connectivity index (χ0) is 15.3. The van der Waals surface area contributed by atoms with Crippen LogP contribution in [0.5, 0.6) is 0 Å². The molecule has 0 saturated heterocycles. The number of fused-ring (bicyclic) bond motifs is 1.